The van der Waals surface area contributed by atoms with Crippen molar-refractivity contribution in [3.8, 4) is 0 Å². The maximum atomic E-state index is 13.4. The average molecular weight is 441 g/mol. The first-order chi connectivity index (χ1) is 15.6. The second-order valence-electron chi connectivity index (χ2n) is 8.29. The SMILES string of the molecule is CCNC(=NCc1ccccc1N1CCOCC1)N1CC(C)OC(c2ccc(F)cc2)C1. The summed E-state index contributed by atoms with van der Waals surface area (Å²) in [5, 5.41) is 3.45. The van der Waals surface area contributed by atoms with E-state index in [1.165, 1.54) is 23.4 Å². The molecule has 0 bridgehead atoms. The Balaban J connectivity index is 1.52. The average Bonchev–Trinajstić information content (AvgIpc) is 2.82. The number of aliphatic imine (C=N–C) groups is 1. The normalized spacial score (nSPS) is 22.2. The van der Waals surface area contributed by atoms with Gasteiger partial charge in [0.2, 0.25) is 0 Å². The number of hydrogen-bond acceptors (Lipinski definition) is 4. The van der Waals surface area contributed by atoms with Gasteiger partial charge in [-0.05, 0) is 43.2 Å². The molecule has 2 unspecified atom stereocenters. The summed E-state index contributed by atoms with van der Waals surface area (Å²) in [5.74, 6) is 0.648. The van der Waals surface area contributed by atoms with Gasteiger partial charge < -0.3 is 24.6 Å². The lowest BCUT2D eigenvalue weighted by Crippen LogP contribution is -2.50. The van der Waals surface area contributed by atoms with Gasteiger partial charge in [-0.15, -0.1) is 0 Å². The van der Waals surface area contributed by atoms with Gasteiger partial charge in [-0.3, -0.25) is 0 Å². The highest BCUT2D eigenvalue weighted by atomic mass is 19.1. The maximum absolute atomic E-state index is 13.4. The van der Waals surface area contributed by atoms with E-state index in [-0.39, 0.29) is 18.0 Å². The van der Waals surface area contributed by atoms with Crippen LogP contribution in [0, 0.1) is 5.82 Å². The molecule has 0 amide bonds. The number of para-hydroxylation sites is 1. The molecule has 172 valence electrons. The van der Waals surface area contributed by atoms with E-state index in [4.69, 9.17) is 14.5 Å². The van der Waals surface area contributed by atoms with Crippen molar-refractivity contribution in [2.75, 3.05) is 50.8 Å². The van der Waals surface area contributed by atoms with Crippen molar-refractivity contribution in [2.45, 2.75) is 32.6 Å². The summed E-state index contributed by atoms with van der Waals surface area (Å²) in [4.78, 5) is 9.63. The highest BCUT2D eigenvalue weighted by Gasteiger charge is 2.28. The lowest BCUT2D eigenvalue weighted by Gasteiger charge is -2.38. The van der Waals surface area contributed by atoms with Gasteiger partial charge >= 0.3 is 0 Å². The predicted octanol–water partition coefficient (Wildman–Crippen LogP) is 3.59. The Labute approximate surface area is 190 Å². The molecule has 6 nitrogen and oxygen atoms in total. The van der Waals surface area contributed by atoms with Crippen LogP contribution in [-0.4, -0.2) is 62.9 Å². The number of ether oxygens (including phenoxy) is 2. The van der Waals surface area contributed by atoms with Crippen molar-refractivity contribution in [1.82, 2.24) is 10.2 Å². The van der Waals surface area contributed by atoms with E-state index in [0.717, 1.165) is 50.9 Å². The van der Waals surface area contributed by atoms with Crippen molar-refractivity contribution >= 4 is 11.6 Å². The van der Waals surface area contributed by atoms with Crippen LogP contribution in [0.2, 0.25) is 0 Å². The van der Waals surface area contributed by atoms with Crippen LogP contribution in [0.4, 0.5) is 10.1 Å². The third-order valence-corrected chi connectivity index (χ3v) is 5.88. The second kappa shape index (κ2) is 10.8. The quantitative estimate of drug-likeness (QED) is 0.569. The molecule has 2 atom stereocenters. The minimum Gasteiger partial charge on any atom is -0.378 e. The third kappa shape index (κ3) is 5.58. The fourth-order valence-corrected chi connectivity index (χ4v) is 4.33. The Bertz CT molecular complexity index is 899. The molecular weight excluding hydrogens is 407 g/mol. The van der Waals surface area contributed by atoms with Gasteiger partial charge in [0.05, 0.1) is 32.4 Å². The van der Waals surface area contributed by atoms with Crippen LogP contribution < -0.4 is 10.2 Å². The van der Waals surface area contributed by atoms with E-state index in [1.807, 2.05) is 0 Å². The standard InChI is InChI=1S/C25H33FN4O2/c1-3-27-25(28-16-21-6-4-5-7-23(21)29-12-14-31-15-13-29)30-17-19(2)32-24(18-30)20-8-10-22(26)11-9-20/h4-11,19,24H,3,12-18H2,1-2H3,(H,27,28). The maximum Gasteiger partial charge on any atom is 0.194 e. The molecule has 2 aliphatic heterocycles. The van der Waals surface area contributed by atoms with Crippen LogP contribution in [-0.2, 0) is 16.0 Å². The summed E-state index contributed by atoms with van der Waals surface area (Å²) < 4.78 is 25.1. The van der Waals surface area contributed by atoms with Crippen molar-refractivity contribution in [3.63, 3.8) is 0 Å². The van der Waals surface area contributed by atoms with Crippen molar-refractivity contribution < 1.29 is 13.9 Å². The Morgan fingerprint density at radius 2 is 1.84 bits per heavy atom. The molecule has 7 heteroatoms. The lowest BCUT2D eigenvalue weighted by atomic mass is 10.1. The van der Waals surface area contributed by atoms with Gasteiger partial charge in [-0.25, -0.2) is 9.38 Å². The molecular formula is C25H33FN4O2. The number of halogens is 1. The summed E-state index contributed by atoms with van der Waals surface area (Å²) in [7, 11) is 0. The lowest BCUT2D eigenvalue weighted by molar-refractivity contribution is -0.0605. The van der Waals surface area contributed by atoms with E-state index < -0.39 is 0 Å². The highest BCUT2D eigenvalue weighted by molar-refractivity contribution is 5.80. The largest absolute Gasteiger partial charge is 0.378 e. The second-order valence-corrected chi connectivity index (χ2v) is 8.29. The van der Waals surface area contributed by atoms with Gasteiger partial charge in [-0.2, -0.15) is 0 Å². The van der Waals surface area contributed by atoms with Crippen LogP contribution >= 0.6 is 0 Å². The molecule has 2 heterocycles. The van der Waals surface area contributed by atoms with E-state index in [0.29, 0.717) is 13.1 Å². The fraction of sp³-hybridized carbons (Fsp3) is 0.480. The first-order valence-electron chi connectivity index (χ1n) is 11.5. The molecule has 0 aromatic heterocycles. The molecule has 2 aromatic rings. The van der Waals surface area contributed by atoms with Crippen LogP contribution in [0.5, 0.6) is 0 Å². The Morgan fingerprint density at radius 3 is 2.59 bits per heavy atom. The molecule has 2 fully saturated rings. The molecule has 32 heavy (non-hydrogen) atoms. The molecule has 2 aliphatic rings. The van der Waals surface area contributed by atoms with E-state index in [9.17, 15) is 4.39 Å². The van der Waals surface area contributed by atoms with E-state index >= 15 is 0 Å². The molecule has 4 rings (SSSR count). The highest BCUT2D eigenvalue weighted by Crippen LogP contribution is 2.26. The first-order valence-corrected chi connectivity index (χ1v) is 11.5. The summed E-state index contributed by atoms with van der Waals surface area (Å²) in [6, 6.07) is 15.1. The Hall–Kier alpha value is -2.64. The fourth-order valence-electron chi connectivity index (χ4n) is 4.33. The van der Waals surface area contributed by atoms with Crippen LogP contribution in [0.1, 0.15) is 31.1 Å². The molecule has 0 aliphatic carbocycles. The molecule has 1 N–H and O–H groups in total. The van der Waals surface area contributed by atoms with Crippen LogP contribution in [0.15, 0.2) is 53.5 Å². The summed E-state index contributed by atoms with van der Waals surface area (Å²) >= 11 is 0. The van der Waals surface area contributed by atoms with Gasteiger partial charge in [-0.1, -0.05) is 30.3 Å². The number of hydrogen-bond donors (Lipinski definition) is 1. The minimum absolute atomic E-state index is 0.0447. The number of nitrogens with one attached hydrogen (secondary N) is 1. The minimum atomic E-state index is -0.233. The molecule has 0 saturated carbocycles. The number of morpholine rings is 2. The zero-order valence-electron chi connectivity index (χ0n) is 19.0. The number of nitrogens with zero attached hydrogens (tertiary/aromatic N) is 3. The van der Waals surface area contributed by atoms with Crippen molar-refractivity contribution in [2.24, 2.45) is 4.99 Å². The Morgan fingerprint density at radius 1 is 1.09 bits per heavy atom. The monoisotopic (exact) mass is 440 g/mol. The summed E-state index contributed by atoms with van der Waals surface area (Å²) in [5.41, 5.74) is 3.42. The third-order valence-electron chi connectivity index (χ3n) is 5.88. The predicted molar refractivity (Wildman–Crippen MR) is 126 cm³/mol. The van der Waals surface area contributed by atoms with E-state index in [2.05, 4.69) is 53.2 Å². The number of anilines is 1. The van der Waals surface area contributed by atoms with Crippen molar-refractivity contribution in [1.29, 1.82) is 0 Å². The summed E-state index contributed by atoms with van der Waals surface area (Å²) in [6.45, 7) is 10.3. The first kappa shape index (κ1) is 22.6. The topological polar surface area (TPSA) is 49.3 Å². The zero-order chi connectivity index (χ0) is 22.3. The molecule has 2 aromatic carbocycles. The van der Waals surface area contributed by atoms with Gasteiger partial charge in [0.15, 0.2) is 5.96 Å². The van der Waals surface area contributed by atoms with E-state index in [1.54, 1.807) is 12.1 Å². The molecule has 0 spiro atoms. The van der Waals surface area contributed by atoms with Crippen molar-refractivity contribution in [3.05, 3.63) is 65.5 Å². The summed E-state index contributed by atoms with van der Waals surface area (Å²) in [6.07, 6.45) is -0.0767. The smallest absolute Gasteiger partial charge is 0.194 e. The Kier molecular flexibility index (Phi) is 7.60. The molecule has 2 saturated heterocycles. The van der Waals surface area contributed by atoms with Gasteiger partial charge in [0, 0.05) is 31.9 Å². The van der Waals surface area contributed by atoms with Crippen LogP contribution in [0.3, 0.4) is 0 Å². The number of guanidine groups is 1. The number of benzene rings is 2. The van der Waals surface area contributed by atoms with Crippen LogP contribution in [0.25, 0.3) is 0 Å². The van der Waals surface area contributed by atoms with Gasteiger partial charge in [0.25, 0.3) is 0 Å². The number of rotatable bonds is 5. The zero-order valence-corrected chi connectivity index (χ0v) is 19.0. The molecule has 0 radical (unpaired) electrons. The van der Waals surface area contributed by atoms with Gasteiger partial charge in [0.1, 0.15) is 11.9 Å².